The van der Waals surface area contributed by atoms with Crippen LogP contribution in [0.4, 0.5) is 0 Å². The normalized spacial score (nSPS) is 21.2. The summed E-state index contributed by atoms with van der Waals surface area (Å²) < 4.78 is 1.29. The average molecular weight is 334 g/mol. The number of fused-ring (bicyclic) bond motifs is 1. The molecule has 0 aliphatic heterocycles. The Hall–Kier alpha value is 0.490. The van der Waals surface area contributed by atoms with Crippen LogP contribution in [0.3, 0.4) is 0 Å². The van der Waals surface area contributed by atoms with Gasteiger partial charge < -0.3 is 5.32 Å². The number of hydrogen-bond acceptors (Lipinski definition) is 3. The first-order chi connectivity index (χ1) is 8.20. The lowest BCUT2D eigenvalue weighted by molar-refractivity contribution is 0.432. The fourth-order valence-corrected chi connectivity index (χ4v) is 4.93. The van der Waals surface area contributed by atoms with E-state index in [0.717, 1.165) is 12.5 Å². The predicted octanol–water partition coefficient (Wildman–Crippen LogP) is 4.48. The van der Waals surface area contributed by atoms with E-state index >= 15 is 0 Å². The molecule has 1 heterocycles. The van der Waals surface area contributed by atoms with Crippen molar-refractivity contribution in [1.29, 1.82) is 0 Å². The van der Waals surface area contributed by atoms with Crippen molar-refractivity contribution in [2.24, 2.45) is 5.92 Å². The number of thiophene rings is 1. The molecule has 2 rings (SSSR count). The second-order valence-corrected chi connectivity index (χ2v) is 8.27. The molecule has 0 bridgehead atoms. The van der Waals surface area contributed by atoms with Crippen molar-refractivity contribution in [3.63, 3.8) is 0 Å². The van der Waals surface area contributed by atoms with Gasteiger partial charge in [0, 0.05) is 10.9 Å². The maximum absolute atomic E-state index is 3.75. The highest BCUT2D eigenvalue weighted by Crippen LogP contribution is 2.37. The summed E-state index contributed by atoms with van der Waals surface area (Å²) in [6.07, 6.45) is 6.08. The Kier molecular flexibility index (Phi) is 5.40. The fourth-order valence-electron chi connectivity index (χ4n) is 2.42. The van der Waals surface area contributed by atoms with E-state index in [1.165, 1.54) is 28.8 Å². The van der Waals surface area contributed by atoms with Gasteiger partial charge in [-0.1, -0.05) is 6.92 Å². The summed E-state index contributed by atoms with van der Waals surface area (Å²) >= 11 is 7.46. The Morgan fingerprint density at radius 1 is 1.65 bits per heavy atom. The van der Waals surface area contributed by atoms with Crippen LogP contribution in [0.25, 0.3) is 0 Å². The second-order valence-electron chi connectivity index (χ2n) is 4.84. The van der Waals surface area contributed by atoms with E-state index in [0.29, 0.717) is 6.04 Å². The number of halogens is 1. The summed E-state index contributed by atoms with van der Waals surface area (Å²) in [6.45, 7) is 3.47. The lowest BCUT2D eigenvalue weighted by Gasteiger charge is -2.25. The lowest BCUT2D eigenvalue weighted by Crippen LogP contribution is -2.29. The second kappa shape index (κ2) is 6.60. The molecule has 0 saturated heterocycles. The Labute approximate surface area is 121 Å². The highest BCUT2D eigenvalue weighted by molar-refractivity contribution is 9.11. The number of hydrogen-bond donors (Lipinski definition) is 1. The molecular weight excluding hydrogens is 314 g/mol. The molecule has 0 amide bonds. The molecule has 1 N–H and O–H groups in total. The van der Waals surface area contributed by atoms with Gasteiger partial charge in [0.25, 0.3) is 0 Å². The van der Waals surface area contributed by atoms with Crippen molar-refractivity contribution in [2.75, 3.05) is 18.6 Å². The highest BCUT2D eigenvalue weighted by Gasteiger charge is 2.22. The van der Waals surface area contributed by atoms with Gasteiger partial charge in [-0.25, -0.2) is 0 Å². The summed E-state index contributed by atoms with van der Waals surface area (Å²) in [5, 5.41) is 3.75. The van der Waals surface area contributed by atoms with Gasteiger partial charge in [-0.2, -0.15) is 11.8 Å². The first kappa shape index (κ1) is 13.9. The Balaban J connectivity index is 1.94. The smallest absolute Gasteiger partial charge is 0.0704 e. The van der Waals surface area contributed by atoms with E-state index in [2.05, 4.69) is 40.5 Å². The highest BCUT2D eigenvalue weighted by atomic mass is 79.9. The van der Waals surface area contributed by atoms with Gasteiger partial charge in [-0.05, 0) is 71.3 Å². The van der Waals surface area contributed by atoms with E-state index in [1.807, 2.05) is 23.1 Å². The zero-order valence-electron chi connectivity index (χ0n) is 10.5. The largest absolute Gasteiger partial charge is 0.310 e. The quantitative estimate of drug-likeness (QED) is 0.852. The van der Waals surface area contributed by atoms with E-state index in [9.17, 15) is 0 Å². The molecular formula is C13H20BrNS2. The molecule has 96 valence electrons. The topological polar surface area (TPSA) is 12.0 Å². The van der Waals surface area contributed by atoms with Crippen molar-refractivity contribution in [2.45, 2.75) is 32.2 Å². The van der Waals surface area contributed by atoms with Gasteiger partial charge in [-0.3, -0.25) is 0 Å². The minimum atomic E-state index is 0.589. The average Bonchev–Trinajstić information content (AvgIpc) is 2.67. The molecule has 17 heavy (non-hydrogen) atoms. The van der Waals surface area contributed by atoms with Crippen molar-refractivity contribution < 1.29 is 0 Å². The third kappa shape index (κ3) is 3.72. The molecule has 1 aromatic rings. The molecule has 4 heteroatoms. The first-order valence-corrected chi connectivity index (χ1v) is 9.21. The molecule has 0 aromatic carbocycles. The van der Waals surface area contributed by atoms with Crippen molar-refractivity contribution in [3.8, 4) is 0 Å². The van der Waals surface area contributed by atoms with Gasteiger partial charge in [0.2, 0.25) is 0 Å². The summed E-state index contributed by atoms with van der Waals surface area (Å²) in [4.78, 5) is 1.58. The van der Waals surface area contributed by atoms with E-state index < -0.39 is 0 Å². The summed E-state index contributed by atoms with van der Waals surface area (Å²) in [6, 6.07) is 2.90. The standard InChI is InChI=1S/C13H20BrNS2/c1-9(8-16-2)7-15-11-4-3-5-12-10(11)6-13(14)17-12/h6,9,11,15H,3-5,7-8H2,1-2H3. The van der Waals surface area contributed by atoms with Gasteiger partial charge >= 0.3 is 0 Å². The third-order valence-corrected chi connectivity index (χ3v) is 5.86. The minimum absolute atomic E-state index is 0.589. The number of thioether (sulfide) groups is 1. The van der Waals surface area contributed by atoms with Crippen LogP contribution in [-0.4, -0.2) is 18.6 Å². The summed E-state index contributed by atoms with van der Waals surface area (Å²) in [7, 11) is 0. The maximum atomic E-state index is 3.75. The molecule has 1 aliphatic carbocycles. The van der Waals surface area contributed by atoms with E-state index in [-0.39, 0.29) is 0 Å². The van der Waals surface area contributed by atoms with Crippen LogP contribution in [0.15, 0.2) is 9.85 Å². The number of rotatable bonds is 5. The molecule has 1 aromatic heterocycles. The minimum Gasteiger partial charge on any atom is -0.310 e. The van der Waals surface area contributed by atoms with Crippen LogP contribution in [0.2, 0.25) is 0 Å². The molecule has 0 saturated carbocycles. The van der Waals surface area contributed by atoms with Crippen LogP contribution < -0.4 is 5.32 Å². The first-order valence-electron chi connectivity index (χ1n) is 6.21. The van der Waals surface area contributed by atoms with Gasteiger partial charge in [0.05, 0.1) is 3.79 Å². The lowest BCUT2D eigenvalue weighted by atomic mass is 9.94. The van der Waals surface area contributed by atoms with Crippen LogP contribution in [0.1, 0.15) is 36.2 Å². The Bertz CT molecular complexity index is 364. The van der Waals surface area contributed by atoms with Crippen LogP contribution >= 0.6 is 39.0 Å². The molecule has 2 unspecified atom stereocenters. The van der Waals surface area contributed by atoms with E-state index in [4.69, 9.17) is 0 Å². The zero-order valence-corrected chi connectivity index (χ0v) is 13.7. The monoisotopic (exact) mass is 333 g/mol. The van der Waals surface area contributed by atoms with Crippen molar-refractivity contribution >= 4 is 39.0 Å². The molecule has 0 fully saturated rings. The van der Waals surface area contributed by atoms with Crippen molar-refractivity contribution in [3.05, 3.63) is 20.3 Å². The predicted molar refractivity (Wildman–Crippen MR) is 83.2 cm³/mol. The maximum Gasteiger partial charge on any atom is 0.0704 e. The SMILES string of the molecule is CSCC(C)CNC1CCCc2sc(Br)cc21. The third-order valence-electron chi connectivity index (χ3n) is 3.25. The summed E-state index contributed by atoms with van der Waals surface area (Å²) in [5.41, 5.74) is 1.55. The molecule has 0 spiro atoms. The van der Waals surface area contributed by atoms with Crippen LogP contribution in [0.5, 0.6) is 0 Å². The number of aryl methyl sites for hydroxylation is 1. The van der Waals surface area contributed by atoms with Crippen LogP contribution in [0, 0.1) is 5.92 Å². The van der Waals surface area contributed by atoms with Crippen molar-refractivity contribution in [1.82, 2.24) is 5.32 Å². The van der Waals surface area contributed by atoms with E-state index in [1.54, 1.807) is 10.4 Å². The van der Waals surface area contributed by atoms with Gasteiger partial charge in [0.1, 0.15) is 0 Å². The van der Waals surface area contributed by atoms with Gasteiger partial charge in [-0.15, -0.1) is 11.3 Å². The molecule has 1 nitrogen and oxygen atoms in total. The fraction of sp³-hybridized carbons (Fsp3) is 0.692. The van der Waals surface area contributed by atoms with Crippen LogP contribution in [-0.2, 0) is 6.42 Å². The molecule has 0 radical (unpaired) electrons. The Morgan fingerprint density at radius 3 is 3.24 bits per heavy atom. The molecule has 1 aliphatic rings. The zero-order chi connectivity index (χ0) is 12.3. The van der Waals surface area contributed by atoms with Gasteiger partial charge in [0.15, 0.2) is 0 Å². The summed E-state index contributed by atoms with van der Waals surface area (Å²) in [5.74, 6) is 2.01. The molecule has 2 atom stereocenters. The Morgan fingerprint density at radius 2 is 2.47 bits per heavy atom. The number of nitrogens with one attached hydrogen (secondary N) is 1.